The van der Waals surface area contributed by atoms with Crippen LogP contribution in [0.4, 0.5) is 24.5 Å². The number of rotatable bonds is 4. The van der Waals surface area contributed by atoms with Crippen molar-refractivity contribution in [2.45, 2.75) is 6.18 Å². The number of halogens is 3. The van der Waals surface area contributed by atoms with E-state index in [9.17, 15) is 22.8 Å². The fourth-order valence-electron chi connectivity index (χ4n) is 2.08. The molecule has 2 aromatic carbocycles. The topological polar surface area (TPSA) is 64.6 Å². The molecule has 0 saturated heterocycles. The molecule has 0 bridgehead atoms. The molecule has 0 saturated carbocycles. The van der Waals surface area contributed by atoms with Gasteiger partial charge < -0.3 is 14.8 Å². The maximum atomic E-state index is 12.6. The van der Waals surface area contributed by atoms with E-state index in [2.05, 4.69) is 14.8 Å². The Morgan fingerprint density at radius 2 is 1.32 bits per heavy atom. The van der Waals surface area contributed by atoms with E-state index >= 15 is 0 Å². The third-order valence-electron chi connectivity index (χ3n) is 3.28. The molecule has 0 unspecified atom stereocenters. The molecule has 0 aliphatic rings. The minimum atomic E-state index is -4.43. The number of nitrogens with one attached hydrogen (secondary N) is 1. The molecule has 0 aromatic heterocycles. The van der Waals surface area contributed by atoms with Crippen LogP contribution in [0.2, 0.25) is 0 Å². The zero-order chi connectivity index (χ0) is 18.6. The van der Waals surface area contributed by atoms with Crippen molar-refractivity contribution in [1.82, 2.24) is 0 Å². The van der Waals surface area contributed by atoms with E-state index in [0.717, 1.165) is 12.1 Å². The summed E-state index contributed by atoms with van der Waals surface area (Å²) in [6, 6.07) is 8.46. The summed E-state index contributed by atoms with van der Waals surface area (Å²) in [6.45, 7) is 0. The molecule has 0 atom stereocenters. The Hall–Kier alpha value is -3.03. The van der Waals surface area contributed by atoms with Gasteiger partial charge in [0.05, 0.1) is 30.9 Å². The summed E-state index contributed by atoms with van der Waals surface area (Å²) in [5.74, 6) is -1.33. The zero-order valence-corrected chi connectivity index (χ0v) is 13.3. The largest absolute Gasteiger partial charge is 0.465 e. The van der Waals surface area contributed by atoms with Crippen LogP contribution in [-0.2, 0) is 15.7 Å². The average molecular weight is 353 g/mol. The van der Waals surface area contributed by atoms with Gasteiger partial charge in [-0.3, -0.25) is 0 Å². The predicted octanol–water partition coefficient (Wildman–Crippen LogP) is 4.02. The quantitative estimate of drug-likeness (QED) is 0.841. The average Bonchev–Trinajstić information content (AvgIpc) is 2.59. The highest BCUT2D eigenvalue weighted by Crippen LogP contribution is 2.30. The van der Waals surface area contributed by atoms with Gasteiger partial charge in [-0.1, -0.05) is 0 Å². The lowest BCUT2D eigenvalue weighted by Gasteiger charge is -2.12. The molecule has 0 aliphatic carbocycles. The molecule has 0 heterocycles. The Labute approximate surface area is 141 Å². The van der Waals surface area contributed by atoms with Gasteiger partial charge in [0.1, 0.15) is 0 Å². The number of ether oxygens (including phenoxy) is 2. The van der Waals surface area contributed by atoms with Crippen LogP contribution in [0.25, 0.3) is 0 Å². The molecule has 0 radical (unpaired) electrons. The molecule has 8 heteroatoms. The molecule has 2 rings (SSSR count). The third-order valence-corrected chi connectivity index (χ3v) is 3.28. The van der Waals surface area contributed by atoms with Crippen LogP contribution in [-0.4, -0.2) is 26.2 Å². The van der Waals surface area contributed by atoms with Gasteiger partial charge >= 0.3 is 18.1 Å². The van der Waals surface area contributed by atoms with E-state index in [1.54, 1.807) is 0 Å². The van der Waals surface area contributed by atoms with Gasteiger partial charge in [-0.25, -0.2) is 9.59 Å². The Bertz CT molecular complexity index is 751. The lowest BCUT2D eigenvalue weighted by Crippen LogP contribution is -2.08. The van der Waals surface area contributed by atoms with Crippen LogP contribution >= 0.6 is 0 Å². The summed E-state index contributed by atoms with van der Waals surface area (Å²) in [5.41, 5.74) is 0.0881. The zero-order valence-electron chi connectivity index (χ0n) is 13.3. The van der Waals surface area contributed by atoms with Crippen molar-refractivity contribution in [2.75, 3.05) is 19.5 Å². The Morgan fingerprint density at radius 1 is 0.840 bits per heavy atom. The summed E-state index contributed by atoms with van der Waals surface area (Å²) in [4.78, 5) is 23.4. The summed E-state index contributed by atoms with van der Waals surface area (Å²) < 4.78 is 47.0. The fourth-order valence-corrected chi connectivity index (χ4v) is 2.08. The van der Waals surface area contributed by atoms with E-state index in [-0.39, 0.29) is 11.1 Å². The molecular formula is C17H14F3NO4. The van der Waals surface area contributed by atoms with Crippen LogP contribution in [0.15, 0.2) is 42.5 Å². The lowest BCUT2D eigenvalue weighted by atomic mass is 10.1. The number of anilines is 2. The molecule has 0 aliphatic heterocycles. The second kappa shape index (κ2) is 7.25. The van der Waals surface area contributed by atoms with Crippen LogP contribution < -0.4 is 5.32 Å². The minimum Gasteiger partial charge on any atom is -0.465 e. The second-order valence-corrected chi connectivity index (χ2v) is 4.98. The minimum absolute atomic E-state index is 0.0970. The Morgan fingerprint density at radius 3 is 1.72 bits per heavy atom. The van der Waals surface area contributed by atoms with Crippen molar-refractivity contribution in [3.05, 3.63) is 59.2 Å². The Balaban J connectivity index is 2.34. The Kier molecular flexibility index (Phi) is 5.31. The van der Waals surface area contributed by atoms with E-state index in [0.29, 0.717) is 11.4 Å². The summed E-state index contributed by atoms with van der Waals surface area (Å²) in [5, 5.41) is 2.84. The van der Waals surface area contributed by atoms with Gasteiger partial charge in [0.25, 0.3) is 0 Å². The van der Waals surface area contributed by atoms with E-state index in [1.165, 1.54) is 44.6 Å². The number of benzene rings is 2. The summed E-state index contributed by atoms with van der Waals surface area (Å²) >= 11 is 0. The number of esters is 2. The highest BCUT2D eigenvalue weighted by atomic mass is 19.4. The second-order valence-electron chi connectivity index (χ2n) is 4.98. The van der Waals surface area contributed by atoms with E-state index < -0.39 is 23.7 Å². The first kappa shape index (κ1) is 18.3. The van der Waals surface area contributed by atoms with Crippen molar-refractivity contribution >= 4 is 23.3 Å². The number of carbonyl (C=O) groups is 2. The number of carbonyl (C=O) groups excluding carboxylic acids is 2. The van der Waals surface area contributed by atoms with Gasteiger partial charge in [0, 0.05) is 11.4 Å². The first-order valence-corrected chi connectivity index (χ1v) is 7.00. The normalized spacial score (nSPS) is 10.9. The van der Waals surface area contributed by atoms with Crippen molar-refractivity contribution in [1.29, 1.82) is 0 Å². The molecular weight excluding hydrogens is 339 g/mol. The van der Waals surface area contributed by atoms with Crippen LogP contribution in [0.1, 0.15) is 26.3 Å². The van der Waals surface area contributed by atoms with Crippen molar-refractivity contribution in [3.8, 4) is 0 Å². The molecule has 25 heavy (non-hydrogen) atoms. The first-order chi connectivity index (χ1) is 11.7. The lowest BCUT2D eigenvalue weighted by molar-refractivity contribution is -0.137. The van der Waals surface area contributed by atoms with Crippen molar-refractivity contribution in [2.24, 2.45) is 0 Å². The molecule has 2 aromatic rings. The van der Waals surface area contributed by atoms with Gasteiger partial charge in [-0.15, -0.1) is 0 Å². The van der Waals surface area contributed by atoms with Gasteiger partial charge in [0.2, 0.25) is 0 Å². The molecule has 5 nitrogen and oxygen atoms in total. The van der Waals surface area contributed by atoms with Crippen LogP contribution in [0.3, 0.4) is 0 Å². The van der Waals surface area contributed by atoms with Gasteiger partial charge in [-0.2, -0.15) is 13.2 Å². The molecule has 0 amide bonds. The van der Waals surface area contributed by atoms with Gasteiger partial charge in [-0.05, 0) is 42.5 Å². The van der Waals surface area contributed by atoms with Crippen molar-refractivity contribution in [3.63, 3.8) is 0 Å². The maximum absolute atomic E-state index is 12.6. The predicted molar refractivity (Wildman–Crippen MR) is 83.8 cm³/mol. The number of methoxy groups -OCH3 is 2. The van der Waals surface area contributed by atoms with E-state index in [4.69, 9.17) is 0 Å². The standard InChI is InChI=1S/C17H14F3NO4/c1-24-15(22)10-7-11(16(23)25-2)9-14(8-10)21-13-5-3-12(4-6-13)17(18,19)20/h3-9,21H,1-2H3. The molecule has 1 N–H and O–H groups in total. The molecule has 0 spiro atoms. The number of hydrogen-bond acceptors (Lipinski definition) is 5. The van der Waals surface area contributed by atoms with E-state index in [1.807, 2.05) is 0 Å². The highest BCUT2D eigenvalue weighted by Gasteiger charge is 2.29. The van der Waals surface area contributed by atoms with Gasteiger partial charge in [0.15, 0.2) is 0 Å². The summed E-state index contributed by atoms with van der Waals surface area (Å²) in [7, 11) is 2.38. The third kappa shape index (κ3) is 4.50. The first-order valence-electron chi connectivity index (χ1n) is 7.00. The smallest absolute Gasteiger partial charge is 0.416 e. The highest BCUT2D eigenvalue weighted by molar-refractivity contribution is 5.97. The molecule has 132 valence electrons. The summed E-state index contributed by atoms with van der Waals surface area (Å²) in [6.07, 6.45) is -4.43. The monoisotopic (exact) mass is 353 g/mol. The maximum Gasteiger partial charge on any atom is 0.416 e. The number of alkyl halides is 3. The molecule has 0 fully saturated rings. The fraction of sp³-hybridized carbons (Fsp3) is 0.176. The SMILES string of the molecule is COC(=O)c1cc(Nc2ccc(C(F)(F)F)cc2)cc(C(=O)OC)c1. The van der Waals surface area contributed by atoms with Crippen LogP contribution in [0.5, 0.6) is 0 Å². The number of hydrogen-bond donors (Lipinski definition) is 1. The van der Waals surface area contributed by atoms with Crippen molar-refractivity contribution < 1.29 is 32.2 Å². The van der Waals surface area contributed by atoms with Crippen LogP contribution in [0, 0.1) is 0 Å².